The van der Waals surface area contributed by atoms with E-state index in [-0.39, 0.29) is 17.7 Å². The van der Waals surface area contributed by atoms with Gasteiger partial charge in [-0.25, -0.2) is 14.8 Å². The molecule has 5 rings (SSSR count). The molecule has 2 aromatic heterocycles. The number of rotatable bonds is 4. The molecular weight excluding hydrogens is 422 g/mol. The molecule has 2 aliphatic rings. The molecule has 2 saturated heterocycles. The Kier molecular flexibility index (Phi) is 5.11. The van der Waals surface area contributed by atoms with Gasteiger partial charge in [0, 0.05) is 30.3 Å². The Morgan fingerprint density at radius 1 is 1.12 bits per heavy atom. The van der Waals surface area contributed by atoms with E-state index in [1.165, 1.54) is 0 Å². The lowest BCUT2D eigenvalue weighted by molar-refractivity contribution is -0.124. The Labute approximate surface area is 190 Å². The van der Waals surface area contributed by atoms with Crippen molar-refractivity contribution >= 4 is 29.1 Å². The van der Waals surface area contributed by atoms with Crippen molar-refractivity contribution in [2.24, 2.45) is 0 Å². The number of carbonyl (C=O) groups is 3. The minimum absolute atomic E-state index is 0.0553. The minimum Gasteiger partial charge on any atom is -0.422 e. The van der Waals surface area contributed by atoms with Crippen molar-refractivity contribution in [1.29, 1.82) is 0 Å². The first-order chi connectivity index (χ1) is 15.9. The van der Waals surface area contributed by atoms with Crippen LogP contribution in [0, 0.1) is 6.92 Å². The summed E-state index contributed by atoms with van der Waals surface area (Å²) < 4.78 is 5.88. The van der Waals surface area contributed by atoms with E-state index in [4.69, 9.17) is 4.42 Å². The van der Waals surface area contributed by atoms with Crippen molar-refractivity contribution in [3.8, 4) is 0 Å². The van der Waals surface area contributed by atoms with E-state index in [2.05, 4.69) is 20.6 Å². The first-order valence-corrected chi connectivity index (χ1v) is 11.2. The summed E-state index contributed by atoms with van der Waals surface area (Å²) in [5, 5.41) is 5.01. The predicted octanol–water partition coefficient (Wildman–Crippen LogP) is 3.00. The molecule has 170 valence electrons. The van der Waals surface area contributed by atoms with Gasteiger partial charge in [0.2, 0.25) is 11.6 Å². The molecule has 33 heavy (non-hydrogen) atoms. The first-order valence-electron chi connectivity index (χ1n) is 11.2. The summed E-state index contributed by atoms with van der Waals surface area (Å²) in [6, 6.07) is 10.2. The number of hydrogen-bond donors (Lipinski definition) is 2. The number of hydrogen-bond acceptors (Lipinski definition) is 6. The van der Waals surface area contributed by atoms with Gasteiger partial charge in [-0.15, -0.1) is 0 Å². The lowest BCUT2D eigenvalue weighted by atomic mass is 9.87. The number of benzene rings is 1. The Balaban J connectivity index is 1.26. The first kappa shape index (κ1) is 21.1. The monoisotopic (exact) mass is 447 g/mol. The predicted molar refractivity (Wildman–Crippen MR) is 120 cm³/mol. The summed E-state index contributed by atoms with van der Waals surface area (Å²) in [4.78, 5) is 47.8. The molecule has 0 bridgehead atoms. The minimum atomic E-state index is -1.09. The van der Waals surface area contributed by atoms with Gasteiger partial charge >= 0.3 is 6.03 Å². The maximum absolute atomic E-state index is 13.0. The third-order valence-electron chi connectivity index (χ3n) is 6.64. The van der Waals surface area contributed by atoms with Crippen molar-refractivity contribution in [2.45, 2.75) is 44.6 Å². The van der Waals surface area contributed by atoms with Crippen LogP contribution < -0.4 is 10.6 Å². The molecule has 9 nitrogen and oxygen atoms in total. The van der Waals surface area contributed by atoms with Gasteiger partial charge in [-0.2, -0.15) is 0 Å². The van der Waals surface area contributed by atoms with Crippen molar-refractivity contribution in [3.63, 3.8) is 0 Å². The normalized spacial score (nSPS) is 21.3. The number of urea groups is 1. The highest BCUT2D eigenvalue weighted by atomic mass is 16.4. The van der Waals surface area contributed by atoms with E-state index in [1.54, 1.807) is 24.3 Å². The molecule has 3 aromatic rings. The molecule has 1 aromatic carbocycles. The molecule has 9 heteroatoms. The van der Waals surface area contributed by atoms with Crippen molar-refractivity contribution in [3.05, 3.63) is 59.1 Å². The number of imide groups is 1. The SMILES string of the molecule is CCC1(c2ccc(C(=O)N3CCC(c4nc5ccc(C)nc5o4)CC3)cc2)NC(=O)NC1=O. The van der Waals surface area contributed by atoms with Gasteiger partial charge in [-0.1, -0.05) is 19.1 Å². The topological polar surface area (TPSA) is 117 Å². The number of fused-ring (bicyclic) bond motifs is 1. The van der Waals surface area contributed by atoms with Crippen LogP contribution in [0.5, 0.6) is 0 Å². The van der Waals surface area contributed by atoms with Crippen LogP contribution >= 0.6 is 0 Å². The zero-order valence-corrected chi connectivity index (χ0v) is 18.6. The van der Waals surface area contributed by atoms with Crippen molar-refractivity contribution in [2.75, 3.05) is 13.1 Å². The second kappa shape index (κ2) is 7.99. The van der Waals surface area contributed by atoms with Crippen LogP contribution in [0.3, 0.4) is 0 Å². The van der Waals surface area contributed by atoms with Crippen LogP contribution in [0.4, 0.5) is 4.79 Å². The molecule has 4 heterocycles. The number of amides is 4. The third kappa shape index (κ3) is 3.63. The molecule has 1 unspecified atom stereocenters. The standard InChI is InChI=1S/C24H25N5O4/c1-3-24(22(31)27-23(32)28-24)17-7-5-16(6-8-17)21(30)29-12-10-15(11-13-29)19-26-18-9-4-14(2)25-20(18)33-19/h4-9,15H,3,10-13H2,1-2H3,(H2,27,28,31,32). The Morgan fingerprint density at radius 2 is 1.85 bits per heavy atom. The number of likely N-dealkylation sites (tertiary alicyclic amines) is 1. The summed E-state index contributed by atoms with van der Waals surface area (Å²) in [6.07, 6.45) is 1.94. The van der Waals surface area contributed by atoms with Crippen LogP contribution in [0.2, 0.25) is 0 Å². The van der Waals surface area contributed by atoms with Gasteiger partial charge in [0.1, 0.15) is 11.1 Å². The van der Waals surface area contributed by atoms with Gasteiger partial charge in [0.25, 0.3) is 11.8 Å². The average Bonchev–Trinajstić information content (AvgIpc) is 3.38. The number of piperidine rings is 1. The molecule has 0 spiro atoms. The summed E-state index contributed by atoms with van der Waals surface area (Å²) in [5.41, 5.74) is 2.31. The Bertz CT molecular complexity index is 1240. The molecule has 0 radical (unpaired) electrons. The second-order valence-electron chi connectivity index (χ2n) is 8.64. The van der Waals surface area contributed by atoms with E-state index in [1.807, 2.05) is 30.9 Å². The molecule has 2 fully saturated rings. The molecule has 0 saturated carbocycles. The zero-order chi connectivity index (χ0) is 23.2. The number of aromatic nitrogens is 2. The number of carbonyl (C=O) groups excluding carboxylic acids is 3. The Hall–Kier alpha value is -3.75. The van der Waals surface area contributed by atoms with E-state index in [9.17, 15) is 14.4 Å². The van der Waals surface area contributed by atoms with Crippen LogP contribution in [0.15, 0.2) is 40.8 Å². The molecule has 4 amide bonds. The van der Waals surface area contributed by atoms with Crippen molar-refractivity contribution in [1.82, 2.24) is 25.5 Å². The van der Waals surface area contributed by atoms with Gasteiger partial charge in [-0.3, -0.25) is 14.9 Å². The van der Waals surface area contributed by atoms with Gasteiger partial charge in [0.05, 0.1) is 0 Å². The number of aryl methyl sites for hydroxylation is 1. The van der Waals surface area contributed by atoms with E-state index < -0.39 is 11.6 Å². The van der Waals surface area contributed by atoms with Crippen LogP contribution in [-0.2, 0) is 10.3 Å². The zero-order valence-electron chi connectivity index (χ0n) is 18.6. The highest BCUT2D eigenvalue weighted by Crippen LogP contribution is 2.31. The fraction of sp³-hybridized carbons (Fsp3) is 0.375. The number of oxazole rings is 1. The average molecular weight is 447 g/mol. The fourth-order valence-corrected chi connectivity index (χ4v) is 4.66. The number of nitrogens with one attached hydrogen (secondary N) is 2. The Morgan fingerprint density at radius 3 is 2.48 bits per heavy atom. The largest absolute Gasteiger partial charge is 0.422 e. The highest BCUT2D eigenvalue weighted by Gasteiger charge is 2.46. The van der Waals surface area contributed by atoms with E-state index in [0.29, 0.717) is 42.2 Å². The van der Waals surface area contributed by atoms with Gasteiger partial charge in [-0.05, 0) is 56.0 Å². The summed E-state index contributed by atoms with van der Waals surface area (Å²) in [5.74, 6) is 0.405. The quantitative estimate of drug-likeness (QED) is 0.594. The fourth-order valence-electron chi connectivity index (χ4n) is 4.66. The lowest BCUT2D eigenvalue weighted by Gasteiger charge is -2.31. The van der Waals surface area contributed by atoms with Gasteiger partial charge in [0.15, 0.2) is 0 Å². The smallest absolute Gasteiger partial charge is 0.322 e. The summed E-state index contributed by atoms with van der Waals surface area (Å²) >= 11 is 0. The molecule has 1 atom stereocenters. The van der Waals surface area contributed by atoms with Crippen molar-refractivity contribution < 1.29 is 18.8 Å². The molecule has 2 N–H and O–H groups in total. The van der Waals surface area contributed by atoms with Crippen LogP contribution in [0.1, 0.15) is 59.6 Å². The molecular formula is C24H25N5O4. The second-order valence-corrected chi connectivity index (χ2v) is 8.64. The number of nitrogens with zero attached hydrogens (tertiary/aromatic N) is 3. The molecule has 2 aliphatic heterocycles. The van der Waals surface area contributed by atoms with Crippen LogP contribution in [-0.4, -0.2) is 45.8 Å². The van der Waals surface area contributed by atoms with Crippen LogP contribution in [0.25, 0.3) is 11.2 Å². The highest BCUT2D eigenvalue weighted by molar-refractivity contribution is 6.07. The summed E-state index contributed by atoms with van der Waals surface area (Å²) in [7, 11) is 0. The number of pyridine rings is 1. The summed E-state index contributed by atoms with van der Waals surface area (Å²) in [6.45, 7) is 4.96. The maximum Gasteiger partial charge on any atom is 0.322 e. The third-order valence-corrected chi connectivity index (χ3v) is 6.64. The van der Waals surface area contributed by atoms with Gasteiger partial charge < -0.3 is 14.6 Å². The van der Waals surface area contributed by atoms with E-state index >= 15 is 0 Å². The maximum atomic E-state index is 13.0. The molecule has 0 aliphatic carbocycles. The van der Waals surface area contributed by atoms with E-state index in [0.717, 1.165) is 24.1 Å². The lowest BCUT2D eigenvalue weighted by Crippen LogP contribution is -2.43.